The Bertz CT molecular complexity index is 301. The summed E-state index contributed by atoms with van der Waals surface area (Å²) in [7, 11) is 0. The van der Waals surface area contributed by atoms with E-state index in [1.165, 1.54) is 12.8 Å². The second-order valence-corrected chi connectivity index (χ2v) is 4.45. The second-order valence-electron chi connectivity index (χ2n) is 3.64. The van der Waals surface area contributed by atoms with Crippen molar-refractivity contribution in [1.82, 2.24) is 5.32 Å². The fourth-order valence-corrected chi connectivity index (χ4v) is 2.60. The van der Waals surface area contributed by atoms with Gasteiger partial charge in [-0.3, -0.25) is 0 Å². The minimum Gasteiger partial charge on any atom is -0.310 e. The van der Waals surface area contributed by atoms with Crippen molar-refractivity contribution >= 4 is 35.6 Å². The van der Waals surface area contributed by atoms with Gasteiger partial charge in [0.05, 0.1) is 0 Å². The topological polar surface area (TPSA) is 12.0 Å². The average molecular weight is 267 g/mol. The van der Waals surface area contributed by atoms with Gasteiger partial charge in [-0.25, -0.2) is 0 Å². The van der Waals surface area contributed by atoms with Gasteiger partial charge in [0.2, 0.25) is 0 Å². The van der Waals surface area contributed by atoms with E-state index in [0.717, 1.165) is 28.6 Å². The first-order valence-electron chi connectivity index (χ1n) is 4.96. The summed E-state index contributed by atoms with van der Waals surface area (Å²) in [6.07, 6.45) is 3.63. The van der Waals surface area contributed by atoms with E-state index in [1.807, 2.05) is 18.2 Å². The smallest absolute Gasteiger partial charge is 0.0468 e. The SMILES string of the molecule is Cl.Clc1cccc(Cl)c1[C@@H]1CCCCN1. The van der Waals surface area contributed by atoms with Crippen LogP contribution in [-0.4, -0.2) is 6.54 Å². The summed E-state index contributed by atoms with van der Waals surface area (Å²) in [4.78, 5) is 0. The average Bonchev–Trinajstić information content (AvgIpc) is 2.19. The largest absolute Gasteiger partial charge is 0.310 e. The molecule has 1 aromatic carbocycles. The molecular formula is C11H14Cl3N. The summed E-state index contributed by atoms with van der Waals surface area (Å²) in [6.45, 7) is 1.06. The minimum absolute atomic E-state index is 0. The molecule has 0 saturated carbocycles. The molecule has 1 nitrogen and oxygen atoms in total. The van der Waals surface area contributed by atoms with Crippen LogP contribution in [0.1, 0.15) is 30.9 Å². The van der Waals surface area contributed by atoms with Gasteiger partial charge in [-0.2, -0.15) is 0 Å². The zero-order valence-electron chi connectivity index (χ0n) is 8.30. The molecule has 0 spiro atoms. The minimum atomic E-state index is 0. The van der Waals surface area contributed by atoms with E-state index < -0.39 is 0 Å². The molecular weight excluding hydrogens is 252 g/mol. The van der Waals surface area contributed by atoms with Crippen molar-refractivity contribution in [3.63, 3.8) is 0 Å². The molecule has 2 rings (SSSR count). The predicted octanol–water partition coefficient (Wildman–Crippen LogP) is 4.23. The van der Waals surface area contributed by atoms with Crippen molar-refractivity contribution < 1.29 is 0 Å². The molecule has 0 amide bonds. The van der Waals surface area contributed by atoms with Crippen LogP contribution in [0.15, 0.2) is 18.2 Å². The van der Waals surface area contributed by atoms with Crippen LogP contribution >= 0.6 is 35.6 Å². The van der Waals surface area contributed by atoms with Gasteiger partial charge < -0.3 is 5.32 Å². The van der Waals surface area contributed by atoms with Gasteiger partial charge in [0, 0.05) is 21.7 Å². The molecule has 0 bridgehead atoms. The number of hydrogen-bond donors (Lipinski definition) is 1. The number of benzene rings is 1. The first-order chi connectivity index (χ1) is 6.79. The molecule has 0 aromatic heterocycles. The zero-order valence-corrected chi connectivity index (χ0v) is 10.6. The summed E-state index contributed by atoms with van der Waals surface area (Å²) in [5, 5.41) is 5.00. The maximum atomic E-state index is 6.14. The summed E-state index contributed by atoms with van der Waals surface area (Å²) in [5.74, 6) is 0. The molecule has 1 aromatic rings. The van der Waals surface area contributed by atoms with Gasteiger partial charge >= 0.3 is 0 Å². The highest BCUT2D eigenvalue weighted by Crippen LogP contribution is 2.34. The molecule has 4 heteroatoms. The van der Waals surface area contributed by atoms with Gasteiger partial charge in [0.1, 0.15) is 0 Å². The summed E-state index contributed by atoms with van der Waals surface area (Å²) in [5.41, 5.74) is 1.07. The highest BCUT2D eigenvalue weighted by molar-refractivity contribution is 6.36. The van der Waals surface area contributed by atoms with Crippen LogP contribution in [0.25, 0.3) is 0 Å². The van der Waals surface area contributed by atoms with Crippen LogP contribution in [0.2, 0.25) is 10.0 Å². The van der Waals surface area contributed by atoms with Gasteiger partial charge in [-0.15, -0.1) is 12.4 Å². The Labute approximate surface area is 107 Å². The molecule has 1 fully saturated rings. The van der Waals surface area contributed by atoms with Gasteiger partial charge in [0.15, 0.2) is 0 Å². The first-order valence-corrected chi connectivity index (χ1v) is 5.72. The Morgan fingerprint density at radius 2 is 1.80 bits per heavy atom. The van der Waals surface area contributed by atoms with Crippen LogP contribution in [0.4, 0.5) is 0 Å². The third-order valence-electron chi connectivity index (χ3n) is 2.66. The highest BCUT2D eigenvalue weighted by Gasteiger charge is 2.19. The Kier molecular flexibility index (Phi) is 5.20. The summed E-state index contributed by atoms with van der Waals surface area (Å²) in [6, 6.07) is 6.03. The molecule has 0 radical (unpaired) electrons. The molecule has 1 atom stereocenters. The molecule has 1 saturated heterocycles. The lowest BCUT2D eigenvalue weighted by Crippen LogP contribution is -2.27. The van der Waals surface area contributed by atoms with Crippen molar-refractivity contribution in [3.8, 4) is 0 Å². The molecule has 1 aliphatic rings. The maximum Gasteiger partial charge on any atom is 0.0468 e. The van der Waals surface area contributed by atoms with E-state index >= 15 is 0 Å². The third-order valence-corrected chi connectivity index (χ3v) is 3.32. The van der Waals surface area contributed by atoms with Crippen molar-refractivity contribution in [2.24, 2.45) is 0 Å². The fourth-order valence-electron chi connectivity index (χ4n) is 1.94. The number of halogens is 3. The van der Waals surface area contributed by atoms with Crippen molar-refractivity contribution in [2.75, 3.05) is 6.54 Å². The van der Waals surface area contributed by atoms with E-state index in [1.54, 1.807) is 0 Å². The van der Waals surface area contributed by atoms with E-state index in [4.69, 9.17) is 23.2 Å². The fraction of sp³-hybridized carbons (Fsp3) is 0.455. The zero-order chi connectivity index (χ0) is 9.97. The van der Waals surface area contributed by atoms with Gasteiger partial charge in [0.25, 0.3) is 0 Å². The standard InChI is InChI=1S/C11H13Cl2N.ClH/c12-8-4-3-5-9(13)11(8)10-6-1-2-7-14-10;/h3-5,10,14H,1-2,6-7H2;1H/t10-;/m0./s1. The van der Waals surface area contributed by atoms with Crippen LogP contribution in [0.3, 0.4) is 0 Å². The second kappa shape index (κ2) is 5.95. The third kappa shape index (κ3) is 3.01. The maximum absolute atomic E-state index is 6.14. The van der Waals surface area contributed by atoms with E-state index in [-0.39, 0.29) is 12.4 Å². The number of hydrogen-bond acceptors (Lipinski definition) is 1. The molecule has 84 valence electrons. The van der Waals surface area contributed by atoms with Crippen LogP contribution in [-0.2, 0) is 0 Å². The van der Waals surface area contributed by atoms with Crippen LogP contribution in [0.5, 0.6) is 0 Å². The molecule has 15 heavy (non-hydrogen) atoms. The normalized spacial score (nSPS) is 20.8. The predicted molar refractivity (Wildman–Crippen MR) is 68.3 cm³/mol. The Morgan fingerprint density at radius 1 is 1.13 bits per heavy atom. The van der Waals surface area contributed by atoms with Crippen molar-refractivity contribution in [3.05, 3.63) is 33.8 Å². The molecule has 1 N–H and O–H groups in total. The Morgan fingerprint density at radius 3 is 2.33 bits per heavy atom. The van der Waals surface area contributed by atoms with E-state index in [2.05, 4.69) is 5.32 Å². The first kappa shape index (κ1) is 13.1. The lowest BCUT2D eigenvalue weighted by atomic mass is 9.97. The number of piperidine rings is 1. The Hall–Kier alpha value is 0.0500. The molecule has 1 aliphatic heterocycles. The highest BCUT2D eigenvalue weighted by atomic mass is 35.5. The van der Waals surface area contributed by atoms with Crippen LogP contribution in [0, 0.1) is 0 Å². The molecule has 0 unspecified atom stereocenters. The summed E-state index contributed by atoms with van der Waals surface area (Å²) >= 11 is 12.3. The number of rotatable bonds is 1. The lowest BCUT2D eigenvalue weighted by Gasteiger charge is -2.25. The lowest BCUT2D eigenvalue weighted by molar-refractivity contribution is 0.412. The quantitative estimate of drug-likeness (QED) is 0.802. The van der Waals surface area contributed by atoms with E-state index in [0.29, 0.717) is 6.04 Å². The monoisotopic (exact) mass is 265 g/mol. The Balaban J connectivity index is 0.00000112. The van der Waals surface area contributed by atoms with Crippen LogP contribution < -0.4 is 5.32 Å². The van der Waals surface area contributed by atoms with E-state index in [9.17, 15) is 0 Å². The molecule has 1 heterocycles. The van der Waals surface area contributed by atoms with Crippen molar-refractivity contribution in [1.29, 1.82) is 0 Å². The number of nitrogens with one attached hydrogen (secondary N) is 1. The summed E-state index contributed by atoms with van der Waals surface area (Å²) < 4.78 is 0. The van der Waals surface area contributed by atoms with Gasteiger partial charge in [-0.05, 0) is 31.5 Å². The molecule has 0 aliphatic carbocycles. The van der Waals surface area contributed by atoms with Gasteiger partial charge in [-0.1, -0.05) is 35.7 Å². The van der Waals surface area contributed by atoms with Crippen molar-refractivity contribution in [2.45, 2.75) is 25.3 Å².